The molecule has 0 fully saturated rings. The van der Waals surface area contributed by atoms with Crippen molar-refractivity contribution < 1.29 is 4.79 Å². The van der Waals surface area contributed by atoms with Crippen LogP contribution in [0.15, 0.2) is 35.8 Å². The van der Waals surface area contributed by atoms with Crippen LogP contribution in [0.1, 0.15) is 33.9 Å². The summed E-state index contributed by atoms with van der Waals surface area (Å²) >= 11 is 1.82. The molecule has 0 aromatic carbocycles. The highest BCUT2D eigenvalue weighted by Gasteiger charge is 2.28. The topological polar surface area (TPSA) is 37.6 Å². The SMILES string of the molecule is CC1c2ccsc2CCN1c1nc2ccccn2c1C=O. The van der Waals surface area contributed by atoms with Gasteiger partial charge in [-0.05, 0) is 42.5 Å². The first-order valence-corrected chi connectivity index (χ1v) is 7.92. The van der Waals surface area contributed by atoms with Gasteiger partial charge in [0.2, 0.25) is 0 Å². The van der Waals surface area contributed by atoms with Crippen molar-refractivity contribution in [2.75, 3.05) is 11.4 Å². The van der Waals surface area contributed by atoms with Gasteiger partial charge in [-0.15, -0.1) is 11.3 Å². The molecule has 1 atom stereocenters. The van der Waals surface area contributed by atoms with Gasteiger partial charge in [0, 0.05) is 17.6 Å². The molecular formula is C16H15N3OS. The van der Waals surface area contributed by atoms with E-state index in [0.29, 0.717) is 5.69 Å². The maximum Gasteiger partial charge on any atom is 0.170 e. The van der Waals surface area contributed by atoms with Crippen molar-refractivity contribution in [2.45, 2.75) is 19.4 Å². The van der Waals surface area contributed by atoms with Gasteiger partial charge in [-0.3, -0.25) is 9.20 Å². The summed E-state index contributed by atoms with van der Waals surface area (Å²) in [5, 5.41) is 2.15. The average molecular weight is 297 g/mol. The Hall–Kier alpha value is -2.14. The van der Waals surface area contributed by atoms with Crippen molar-refractivity contribution in [1.82, 2.24) is 9.38 Å². The fourth-order valence-corrected chi connectivity index (χ4v) is 4.08. The van der Waals surface area contributed by atoms with E-state index in [1.807, 2.05) is 40.1 Å². The molecule has 21 heavy (non-hydrogen) atoms. The molecule has 4 rings (SSSR count). The highest BCUT2D eigenvalue weighted by atomic mass is 32.1. The van der Waals surface area contributed by atoms with Crippen molar-refractivity contribution in [3.05, 3.63) is 52.0 Å². The Morgan fingerprint density at radius 1 is 1.38 bits per heavy atom. The molecule has 1 unspecified atom stereocenters. The van der Waals surface area contributed by atoms with E-state index in [0.717, 1.165) is 30.7 Å². The molecule has 0 N–H and O–H groups in total. The number of imidazole rings is 1. The van der Waals surface area contributed by atoms with Crippen LogP contribution in [0, 0.1) is 0 Å². The van der Waals surface area contributed by atoms with Crippen molar-refractivity contribution in [3.8, 4) is 0 Å². The Kier molecular flexibility index (Phi) is 2.82. The minimum atomic E-state index is 0.253. The number of fused-ring (bicyclic) bond motifs is 2. The molecule has 0 aliphatic carbocycles. The zero-order valence-corrected chi connectivity index (χ0v) is 12.5. The van der Waals surface area contributed by atoms with Crippen molar-refractivity contribution in [2.24, 2.45) is 0 Å². The molecule has 0 bridgehead atoms. The molecule has 3 aromatic rings. The molecule has 0 saturated carbocycles. The Labute approximate surface area is 126 Å². The highest BCUT2D eigenvalue weighted by molar-refractivity contribution is 7.10. The van der Waals surface area contributed by atoms with Gasteiger partial charge in [0.15, 0.2) is 12.1 Å². The van der Waals surface area contributed by atoms with E-state index in [2.05, 4.69) is 28.3 Å². The van der Waals surface area contributed by atoms with Crippen LogP contribution in [0.2, 0.25) is 0 Å². The Bertz CT molecular complexity index is 820. The Morgan fingerprint density at radius 2 is 2.29 bits per heavy atom. The maximum atomic E-state index is 11.6. The smallest absolute Gasteiger partial charge is 0.170 e. The Balaban J connectivity index is 1.86. The lowest BCUT2D eigenvalue weighted by Gasteiger charge is -2.34. The second kappa shape index (κ2) is 4.70. The van der Waals surface area contributed by atoms with Crippen LogP contribution < -0.4 is 4.90 Å². The number of anilines is 1. The quantitative estimate of drug-likeness (QED) is 0.681. The molecule has 0 radical (unpaired) electrons. The molecule has 0 spiro atoms. The number of nitrogens with zero attached hydrogens (tertiary/aromatic N) is 3. The van der Waals surface area contributed by atoms with Crippen molar-refractivity contribution >= 4 is 29.1 Å². The number of rotatable bonds is 2. The van der Waals surface area contributed by atoms with Crippen LogP contribution in [0.4, 0.5) is 5.82 Å². The molecule has 0 amide bonds. The van der Waals surface area contributed by atoms with Gasteiger partial charge in [0.05, 0.1) is 6.04 Å². The number of hydrogen-bond acceptors (Lipinski definition) is 4. The molecule has 4 heterocycles. The molecule has 4 nitrogen and oxygen atoms in total. The number of thiophene rings is 1. The van der Waals surface area contributed by atoms with Crippen LogP contribution in [0.25, 0.3) is 5.65 Å². The second-order valence-corrected chi connectivity index (χ2v) is 6.29. The number of aromatic nitrogens is 2. The fourth-order valence-electron chi connectivity index (χ4n) is 3.12. The largest absolute Gasteiger partial charge is 0.348 e. The predicted octanol–water partition coefficient (Wildman–Crippen LogP) is 3.33. The summed E-state index contributed by atoms with van der Waals surface area (Å²) < 4.78 is 1.86. The number of pyridine rings is 1. The minimum absolute atomic E-state index is 0.253. The van der Waals surface area contributed by atoms with Gasteiger partial charge < -0.3 is 4.90 Å². The lowest BCUT2D eigenvalue weighted by Crippen LogP contribution is -2.34. The molecule has 1 aliphatic heterocycles. The first-order valence-electron chi connectivity index (χ1n) is 7.05. The number of hydrogen-bond donors (Lipinski definition) is 0. The van der Waals surface area contributed by atoms with E-state index in [9.17, 15) is 4.79 Å². The maximum absolute atomic E-state index is 11.6. The molecule has 3 aromatic heterocycles. The molecule has 0 saturated heterocycles. The summed E-state index contributed by atoms with van der Waals surface area (Å²) in [4.78, 5) is 19.9. The third-order valence-electron chi connectivity index (χ3n) is 4.21. The van der Waals surface area contributed by atoms with Gasteiger partial charge in [-0.25, -0.2) is 4.98 Å². The van der Waals surface area contributed by atoms with Crippen molar-refractivity contribution in [1.29, 1.82) is 0 Å². The normalized spacial score (nSPS) is 18.0. The van der Waals surface area contributed by atoms with Gasteiger partial charge in [-0.2, -0.15) is 0 Å². The summed E-state index contributed by atoms with van der Waals surface area (Å²) in [6, 6.07) is 8.23. The highest BCUT2D eigenvalue weighted by Crippen LogP contribution is 2.36. The molecule has 106 valence electrons. The standard InChI is InChI=1S/C16H15N3OS/c1-11-12-6-9-21-14(12)5-8-18(11)16-13(10-20)19-7-3-2-4-15(19)17-16/h2-4,6-7,9-11H,5,8H2,1H3. The van der Waals surface area contributed by atoms with Gasteiger partial charge in [-0.1, -0.05) is 6.07 Å². The second-order valence-electron chi connectivity index (χ2n) is 5.29. The van der Waals surface area contributed by atoms with E-state index >= 15 is 0 Å². The molecular weight excluding hydrogens is 282 g/mol. The van der Waals surface area contributed by atoms with E-state index in [1.165, 1.54) is 10.4 Å². The third-order valence-corrected chi connectivity index (χ3v) is 5.20. The lowest BCUT2D eigenvalue weighted by atomic mass is 10.0. The first kappa shape index (κ1) is 12.6. The lowest BCUT2D eigenvalue weighted by molar-refractivity contribution is 0.111. The van der Waals surface area contributed by atoms with Crippen LogP contribution in [0.3, 0.4) is 0 Å². The van der Waals surface area contributed by atoms with Gasteiger partial charge in [0.1, 0.15) is 11.3 Å². The zero-order chi connectivity index (χ0) is 14.4. The van der Waals surface area contributed by atoms with E-state index in [1.54, 1.807) is 0 Å². The fraction of sp³-hybridized carbons (Fsp3) is 0.250. The van der Waals surface area contributed by atoms with Gasteiger partial charge >= 0.3 is 0 Å². The average Bonchev–Trinajstić information content (AvgIpc) is 3.11. The van der Waals surface area contributed by atoms with Crippen LogP contribution in [-0.2, 0) is 6.42 Å². The molecule has 5 heteroatoms. The molecule has 1 aliphatic rings. The van der Waals surface area contributed by atoms with Crippen molar-refractivity contribution in [3.63, 3.8) is 0 Å². The summed E-state index contributed by atoms with van der Waals surface area (Å²) in [5.41, 5.74) is 2.81. The Morgan fingerprint density at radius 3 is 3.14 bits per heavy atom. The number of carbonyl (C=O) groups is 1. The van der Waals surface area contributed by atoms with E-state index in [-0.39, 0.29) is 6.04 Å². The van der Waals surface area contributed by atoms with Crippen LogP contribution >= 0.6 is 11.3 Å². The number of aldehydes is 1. The summed E-state index contributed by atoms with van der Waals surface area (Å²) in [6.45, 7) is 3.09. The van der Waals surface area contributed by atoms with Crippen LogP contribution in [-0.4, -0.2) is 22.2 Å². The monoisotopic (exact) mass is 297 g/mol. The van der Waals surface area contributed by atoms with E-state index in [4.69, 9.17) is 0 Å². The van der Waals surface area contributed by atoms with Crippen LogP contribution in [0.5, 0.6) is 0 Å². The first-order chi connectivity index (χ1) is 10.3. The summed E-state index contributed by atoms with van der Waals surface area (Å²) in [7, 11) is 0. The number of carbonyl (C=O) groups excluding carboxylic acids is 1. The zero-order valence-electron chi connectivity index (χ0n) is 11.7. The third kappa shape index (κ3) is 1.81. The van der Waals surface area contributed by atoms with E-state index < -0.39 is 0 Å². The minimum Gasteiger partial charge on any atom is -0.348 e. The summed E-state index contributed by atoms with van der Waals surface area (Å²) in [5.74, 6) is 0.792. The van der Waals surface area contributed by atoms with Gasteiger partial charge in [0.25, 0.3) is 0 Å². The summed E-state index contributed by atoms with van der Waals surface area (Å²) in [6.07, 6.45) is 3.81. The predicted molar refractivity (Wildman–Crippen MR) is 84.4 cm³/mol.